The van der Waals surface area contributed by atoms with Gasteiger partial charge in [-0.2, -0.15) is 0 Å². The van der Waals surface area contributed by atoms with Crippen LogP contribution in [-0.4, -0.2) is 28.3 Å². The second kappa shape index (κ2) is 8.18. The Kier molecular flexibility index (Phi) is 6.25. The first-order valence-corrected chi connectivity index (χ1v) is 7.83. The highest BCUT2D eigenvalue weighted by molar-refractivity contribution is 6.32. The molecule has 0 saturated heterocycles. The molecule has 118 valence electrons. The lowest BCUT2D eigenvalue weighted by Crippen LogP contribution is -2.24. The largest absolute Gasteiger partial charge is 0.506 e. The fourth-order valence-electron chi connectivity index (χ4n) is 2.39. The number of aliphatic hydroxyl groups is 1. The van der Waals surface area contributed by atoms with Gasteiger partial charge in [0.1, 0.15) is 5.75 Å². The molecule has 0 atom stereocenters. The summed E-state index contributed by atoms with van der Waals surface area (Å²) in [5.41, 5.74) is 3.35. The lowest BCUT2D eigenvalue weighted by atomic mass is 10.1. The first-order chi connectivity index (χ1) is 10.6. The van der Waals surface area contributed by atoms with Crippen LogP contribution in [-0.2, 0) is 13.1 Å². The van der Waals surface area contributed by atoms with Crippen molar-refractivity contribution in [3.05, 3.63) is 64.2 Å². The second-order valence-corrected chi connectivity index (χ2v) is 5.90. The first-order valence-electron chi connectivity index (χ1n) is 7.45. The van der Waals surface area contributed by atoms with Gasteiger partial charge in [-0.1, -0.05) is 53.6 Å². The highest BCUT2D eigenvalue weighted by Crippen LogP contribution is 2.28. The SMILES string of the molecule is Cc1ccc(CN(CCCO)Cc2cccc(O)c2Cl)cc1. The highest BCUT2D eigenvalue weighted by Gasteiger charge is 2.11. The Morgan fingerprint density at radius 2 is 1.77 bits per heavy atom. The van der Waals surface area contributed by atoms with E-state index in [1.807, 2.05) is 6.07 Å². The van der Waals surface area contributed by atoms with Crippen LogP contribution in [0.15, 0.2) is 42.5 Å². The van der Waals surface area contributed by atoms with Crippen molar-refractivity contribution in [2.75, 3.05) is 13.2 Å². The molecule has 0 aliphatic heterocycles. The van der Waals surface area contributed by atoms with Crippen LogP contribution in [0.25, 0.3) is 0 Å². The van der Waals surface area contributed by atoms with E-state index in [1.165, 1.54) is 11.1 Å². The summed E-state index contributed by atoms with van der Waals surface area (Å²) in [6, 6.07) is 13.7. The van der Waals surface area contributed by atoms with Gasteiger partial charge in [-0.25, -0.2) is 0 Å². The Hall–Kier alpha value is -1.55. The monoisotopic (exact) mass is 319 g/mol. The summed E-state index contributed by atoms with van der Waals surface area (Å²) < 4.78 is 0. The van der Waals surface area contributed by atoms with Gasteiger partial charge in [-0.3, -0.25) is 4.90 Å². The van der Waals surface area contributed by atoms with Gasteiger partial charge in [0.25, 0.3) is 0 Å². The minimum absolute atomic E-state index is 0.108. The van der Waals surface area contributed by atoms with Crippen LogP contribution in [0.3, 0.4) is 0 Å². The maximum Gasteiger partial charge on any atom is 0.134 e. The number of halogens is 1. The minimum atomic E-state index is 0.108. The van der Waals surface area contributed by atoms with Crippen molar-refractivity contribution < 1.29 is 10.2 Å². The lowest BCUT2D eigenvalue weighted by Gasteiger charge is -2.23. The summed E-state index contributed by atoms with van der Waals surface area (Å²) in [6.45, 7) is 4.43. The van der Waals surface area contributed by atoms with Gasteiger partial charge in [0.05, 0.1) is 5.02 Å². The van der Waals surface area contributed by atoms with E-state index in [9.17, 15) is 5.11 Å². The second-order valence-electron chi connectivity index (χ2n) is 5.52. The van der Waals surface area contributed by atoms with Gasteiger partial charge in [-0.15, -0.1) is 0 Å². The van der Waals surface area contributed by atoms with Crippen molar-refractivity contribution in [1.82, 2.24) is 4.90 Å². The number of hydrogen-bond acceptors (Lipinski definition) is 3. The topological polar surface area (TPSA) is 43.7 Å². The molecule has 0 aliphatic carbocycles. The Labute approximate surface area is 136 Å². The molecular formula is C18H22ClNO2. The maximum atomic E-state index is 9.72. The third kappa shape index (κ3) is 4.73. The van der Waals surface area contributed by atoms with E-state index in [2.05, 4.69) is 36.1 Å². The van der Waals surface area contributed by atoms with Crippen molar-refractivity contribution in [3.8, 4) is 5.75 Å². The summed E-state index contributed by atoms with van der Waals surface area (Å²) in [5, 5.41) is 19.2. The highest BCUT2D eigenvalue weighted by atomic mass is 35.5. The number of phenols is 1. The van der Waals surface area contributed by atoms with Crippen molar-refractivity contribution in [1.29, 1.82) is 0 Å². The van der Waals surface area contributed by atoms with E-state index in [-0.39, 0.29) is 12.4 Å². The molecular weight excluding hydrogens is 298 g/mol. The third-order valence-electron chi connectivity index (χ3n) is 3.61. The molecule has 0 heterocycles. The zero-order valence-corrected chi connectivity index (χ0v) is 13.6. The number of benzene rings is 2. The summed E-state index contributed by atoms with van der Waals surface area (Å²) in [4.78, 5) is 2.22. The van der Waals surface area contributed by atoms with Crippen molar-refractivity contribution >= 4 is 11.6 Å². The summed E-state index contributed by atoms with van der Waals surface area (Å²) in [6.07, 6.45) is 0.711. The molecule has 0 bridgehead atoms. The smallest absolute Gasteiger partial charge is 0.134 e. The van der Waals surface area contributed by atoms with E-state index in [0.717, 1.165) is 18.7 Å². The van der Waals surface area contributed by atoms with Gasteiger partial charge < -0.3 is 10.2 Å². The van der Waals surface area contributed by atoms with Crippen LogP contribution in [0.5, 0.6) is 5.75 Å². The first kappa shape index (κ1) is 16.8. The van der Waals surface area contributed by atoms with Crippen molar-refractivity contribution in [3.63, 3.8) is 0 Å². The zero-order valence-electron chi connectivity index (χ0n) is 12.8. The number of nitrogens with zero attached hydrogens (tertiary/aromatic N) is 1. The van der Waals surface area contributed by atoms with E-state index >= 15 is 0 Å². The molecule has 3 nitrogen and oxygen atoms in total. The van der Waals surface area contributed by atoms with Crippen LogP contribution in [0.4, 0.5) is 0 Å². The zero-order chi connectivity index (χ0) is 15.9. The molecule has 2 N–H and O–H groups in total. The van der Waals surface area contributed by atoms with Crippen LogP contribution in [0, 0.1) is 6.92 Å². The number of aliphatic hydroxyl groups excluding tert-OH is 1. The summed E-state index contributed by atoms with van der Waals surface area (Å²) >= 11 is 6.17. The van der Waals surface area contributed by atoms with Gasteiger partial charge in [-0.05, 0) is 30.5 Å². The molecule has 0 aromatic heterocycles. The van der Waals surface area contributed by atoms with Crippen LogP contribution < -0.4 is 0 Å². The molecule has 22 heavy (non-hydrogen) atoms. The normalized spacial score (nSPS) is 11.1. The molecule has 0 unspecified atom stereocenters. The number of aromatic hydroxyl groups is 1. The molecule has 2 aromatic carbocycles. The van der Waals surface area contributed by atoms with Crippen molar-refractivity contribution in [2.45, 2.75) is 26.4 Å². The average Bonchev–Trinajstić information content (AvgIpc) is 2.51. The number of rotatable bonds is 7. The van der Waals surface area contributed by atoms with Gasteiger partial charge in [0, 0.05) is 26.2 Å². The Bertz CT molecular complexity index is 599. The molecule has 0 saturated carbocycles. The molecule has 0 spiro atoms. The van der Waals surface area contributed by atoms with Crippen LogP contribution in [0.1, 0.15) is 23.1 Å². The molecule has 4 heteroatoms. The molecule has 0 radical (unpaired) electrons. The molecule has 0 aliphatic rings. The standard InChI is InChI=1S/C18H22ClNO2/c1-14-6-8-15(9-7-14)12-20(10-3-11-21)13-16-4-2-5-17(22)18(16)19/h2,4-9,21-22H,3,10-13H2,1H3. The molecule has 0 amide bonds. The predicted octanol–water partition coefficient (Wildman–Crippen LogP) is 3.74. The fourth-order valence-corrected chi connectivity index (χ4v) is 2.58. The molecule has 2 aromatic rings. The van der Waals surface area contributed by atoms with E-state index in [4.69, 9.17) is 16.7 Å². The summed E-state index contributed by atoms with van der Waals surface area (Å²) in [5.74, 6) is 0.108. The third-order valence-corrected chi connectivity index (χ3v) is 4.05. The quantitative estimate of drug-likeness (QED) is 0.817. The number of phenolic OH excluding ortho intramolecular Hbond substituents is 1. The maximum absolute atomic E-state index is 9.72. The Morgan fingerprint density at radius 3 is 2.45 bits per heavy atom. The van der Waals surface area contributed by atoms with E-state index in [1.54, 1.807) is 12.1 Å². The van der Waals surface area contributed by atoms with Gasteiger partial charge >= 0.3 is 0 Å². The van der Waals surface area contributed by atoms with Crippen LogP contribution >= 0.6 is 11.6 Å². The fraction of sp³-hybridized carbons (Fsp3) is 0.333. The number of hydrogen-bond donors (Lipinski definition) is 2. The molecule has 0 fully saturated rings. The Balaban J connectivity index is 2.11. The lowest BCUT2D eigenvalue weighted by molar-refractivity contribution is 0.212. The average molecular weight is 320 g/mol. The summed E-state index contributed by atoms with van der Waals surface area (Å²) in [7, 11) is 0. The van der Waals surface area contributed by atoms with Crippen LogP contribution in [0.2, 0.25) is 5.02 Å². The van der Waals surface area contributed by atoms with E-state index in [0.29, 0.717) is 18.0 Å². The van der Waals surface area contributed by atoms with Gasteiger partial charge in [0.15, 0.2) is 0 Å². The van der Waals surface area contributed by atoms with Crippen molar-refractivity contribution in [2.24, 2.45) is 0 Å². The van der Waals surface area contributed by atoms with Gasteiger partial charge in [0.2, 0.25) is 0 Å². The Morgan fingerprint density at radius 1 is 1.05 bits per heavy atom. The number of aryl methyl sites for hydroxylation is 1. The minimum Gasteiger partial charge on any atom is -0.506 e. The predicted molar refractivity (Wildman–Crippen MR) is 90.1 cm³/mol. The van der Waals surface area contributed by atoms with E-state index < -0.39 is 0 Å². The molecule has 2 rings (SSSR count).